The number of nitrogens with two attached hydrogens (primary N) is 1. The number of rotatable bonds is 0. The summed E-state index contributed by atoms with van der Waals surface area (Å²) < 4.78 is 43.3. The van der Waals surface area contributed by atoms with Crippen molar-refractivity contribution in [3.05, 3.63) is 34.2 Å². The first-order valence-electron chi connectivity index (χ1n) is 5.45. The van der Waals surface area contributed by atoms with Crippen LogP contribution in [0.1, 0.15) is 5.56 Å². The van der Waals surface area contributed by atoms with Gasteiger partial charge in [0, 0.05) is 11.1 Å². The van der Waals surface area contributed by atoms with Gasteiger partial charge in [-0.25, -0.2) is 4.79 Å². The van der Waals surface area contributed by atoms with E-state index in [2.05, 4.69) is 0 Å². The van der Waals surface area contributed by atoms with Crippen LogP contribution in [0.25, 0.3) is 11.0 Å². The monoisotopic (exact) mass is 287 g/mol. The number of nitrogen functional groups attached to an aromatic ring is 1. The highest BCUT2D eigenvalue weighted by Gasteiger charge is 2.45. The molecule has 7 heteroatoms. The van der Waals surface area contributed by atoms with Gasteiger partial charge in [0.2, 0.25) is 0 Å². The van der Waals surface area contributed by atoms with Crippen LogP contribution in [0.4, 0.5) is 18.9 Å². The van der Waals surface area contributed by atoms with Crippen LogP contribution in [-0.2, 0) is 6.42 Å². The topological polar surface area (TPSA) is 56.2 Å². The summed E-state index contributed by atoms with van der Waals surface area (Å²) in [5.74, 6) is 0. The van der Waals surface area contributed by atoms with E-state index in [1.54, 1.807) is 6.07 Å². The van der Waals surface area contributed by atoms with Crippen LogP contribution in [0.3, 0.4) is 0 Å². The summed E-state index contributed by atoms with van der Waals surface area (Å²) in [6.45, 7) is 0. The minimum atomic E-state index is -4.34. The van der Waals surface area contributed by atoms with E-state index in [-0.39, 0.29) is 16.9 Å². The van der Waals surface area contributed by atoms with E-state index in [1.165, 1.54) is 12.1 Å². The van der Waals surface area contributed by atoms with Gasteiger partial charge in [0.15, 0.2) is 0 Å². The first-order chi connectivity index (χ1) is 8.86. The van der Waals surface area contributed by atoms with E-state index in [9.17, 15) is 18.0 Å². The van der Waals surface area contributed by atoms with Gasteiger partial charge in [-0.15, -0.1) is 11.8 Å². The lowest BCUT2D eigenvalue weighted by Crippen LogP contribution is -2.24. The smallest absolute Gasteiger partial charge is 0.401 e. The Balaban J connectivity index is 2.23. The zero-order chi connectivity index (χ0) is 13.8. The second-order valence-electron chi connectivity index (χ2n) is 4.31. The van der Waals surface area contributed by atoms with Gasteiger partial charge in [-0.2, -0.15) is 13.2 Å². The van der Waals surface area contributed by atoms with E-state index < -0.39 is 17.1 Å². The van der Waals surface area contributed by atoms with Crippen LogP contribution < -0.4 is 11.4 Å². The van der Waals surface area contributed by atoms with Crippen LogP contribution in [0.15, 0.2) is 32.3 Å². The molecular formula is C12H8F3NO2S. The molecule has 2 N–H and O–H groups in total. The van der Waals surface area contributed by atoms with Crippen molar-refractivity contribution in [1.29, 1.82) is 0 Å². The molecule has 0 saturated carbocycles. The fraction of sp³-hybridized carbons (Fsp3) is 0.250. The van der Waals surface area contributed by atoms with E-state index >= 15 is 0 Å². The molecule has 0 bridgehead atoms. The summed E-state index contributed by atoms with van der Waals surface area (Å²) in [5.41, 5.74) is 5.98. The summed E-state index contributed by atoms with van der Waals surface area (Å²) in [5, 5.41) is -1.12. The lowest BCUT2D eigenvalue weighted by Gasteiger charge is -2.11. The van der Waals surface area contributed by atoms with Crippen molar-refractivity contribution in [3.8, 4) is 0 Å². The quantitative estimate of drug-likeness (QED) is 0.598. The fourth-order valence-corrected chi connectivity index (χ4v) is 3.28. The number of hydrogen-bond donors (Lipinski definition) is 1. The van der Waals surface area contributed by atoms with Gasteiger partial charge in [0.1, 0.15) is 10.8 Å². The second kappa shape index (κ2) is 3.93. The average molecular weight is 287 g/mol. The molecule has 0 aliphatic carbocycles. The van der Waals surface area contributed by atoms with Crippen LogP contribution in [0.5, 0.6) is 0 Å². The Morgan fingerprint density at radius 3 is 2.79 bits per heavy atom. The van der Waals surface area contributed by atoms with Crippen molar-refractivity contribution in [1.82, 2.24) is 0 Å². The van der Waals surface area contributed by atoms with Gasteiger partial charge < -0.3 is 10.2 Å². The first kappa shape index (κ1) is 12.4. The van der Waals surface area contributed by atoms with Crippen LogP contribution in [-0.4, -0.2) is 11.4 Å². The summed E-state index contributed by atoms with van der Waals surface area (Å²) >= 11 is 0.518. The molecule has 3 nitrogen and oxygen atoms in total. The maximum absolute atomic E-state index is 12.8. The van der Waals surface area contributed by atoms with Crippen LogP contribution in [0.2, 0.25) is 0 Å². The highest BCUT2D eigenvalue weighted by molar-refractivity contribution is 8.00. The number of hydrogen-bond acceptors (Lipinski definition) is 4. The molecule has 1 unspecified atom stereocenters. The molecule has 3 rings (SSSR count). The van der Waals surface area contributed by atoms with Crippen molar-refractivity contribution in [2.75, 3.05) is 5.73 Å². The Bertz CT molecular complexity index is 723. The lowest BCUT2D eigenvalue weighted by atomic mass is 10.0. The number of fused-ring (bicyclic) bond motifs is 3. The number of alkyl halides is 3. The average Bonchev–Trinajstić information content (AvgIpc) is 2.76. The zero-order valence-electron chi connectivity index (χ0n) is 9.45. The van der Waals surface area contributed by atoms with Crippen molar-refractivity contribution in [2.45, 2.75) is 22.7 Å². The zero-order valence-corrected chi connectivity index (χ0v) is 10.3. The third-order valence-electron chi connectivity index (χ3n) is 3.01. The van der Waals surface area contributed by atoms with Crippen molar-refractivity contribution in [2.24, 2.45) is 0 Å². The van der Waals surface area contributed by atoms with Crippen LogP contribution in [0, 0.1) is 0 Å². The van der Waals surface area contributed by atoms with E-state index in [1.807, 2.05) is 0 Å². The number of halogens is 3. The Labute approximate surface area is 109 Å². The van der Waals surface area contributed by atoms with Gasteiger partial charge in [-0.3, -0.25) is 0 Å². The molecule has 1 aliphatic rings. The highest BCUT2D eigenvalue weighted by Crippen LogP contribution is 2.45. The molecule has 1 aliphatic heterocycles. The normalized spacial score (nSPS) is 18.8. The predicted molar refractivity (Wildman–Crippen MR) is 66.3 cm³/mol. The minimum Gasteiger partial charge on any atom is -0.422 e. The summed E-state index contributed by atoms with van der Waals surface area (Å²) in [4.78, 5) is 11.7. The maximum Gasteiger partial charge on any atom is 0.401 e. The number of benzene rings is 1. The van der Waals surface area contributed by atoms with E-state index in [4.69, 9.17) is 10.2 Å². The third-order valence-corrected chi connectivity index (χ3v) is 4.37. The predicted octanol–water partition coefficient (Wildman–Crippen LogP) is 2.95. The summed E-state index contributed by atoms with van der Waals surface area (Å²) in [7, 11) is 0. The second-order valence-corrected chi connectivity index (χ2v) is 5.52. The van der Waals surface area contributed by atoms with Crippen LogP contribution >= 0.6 is 11.8 Å². The standard InChI is InChI=1S/C12H8F3NO2S/c13-12(14,15)9-4-7-6-3-5(16)1-2-8(6)18-11(17)10(7)19-9/h1-3,9H,4,16H2. The first-order valence-corrected chi connectivity index (χ1v) is 6.33. The van der Waals surface area contributed by atoms with Gasteiger partial charge >= 0.3 is 11.8 Å². The molecule has 0 saturated heterocycles. The van der Waals surface area contributed by atoms with Gasteiger partial charge in [-0.1, -0.05) is 0 Å². The van der Waals surface area contributed by atoms with Crippen molar-refractivity contribution in [3.63, 3.8) is 0 Å². The molecule has 1 aromatic heterocycles. The molecule has 2 heterocycles. The molecule has 0 spiro atoms. The Hall–Kier alpha value is -1.63. The molecule has 0 fully saturated rings. The van der Waals surface area contributed by atoms with E-state index in [0.29, 0.717) is 28.4 Å². The largest absolute Gasteiger partial charge is 0.422 e. The van der Waals surface area contributed by atoms with Gasteiger partial charge in [0.05, 0.1) is 4.90 Å². The molecule has 2 aromatic rings. The number of thioether (sulfide) groups is 1. The maximum atomic E-state index is 12.8. The molecule has 19 heavy (non-hydrogen) atoms. The van der Waals surface area contributed by atoms with Gasteiger partial charge in [0.25, 0.3) is 0 Å². The summed E-state index contributed by atoms with van der Waals surface area (Å²) in [6.07, 6.45) is -4.57. The molecule has 100 valence electrons. The molecule has 0 radical (unpaired) electrons. The SMILES string of the molecule is Nc1ccc2oc(=O)c3c(c2c1)CC(C(F)(F)F)S3. The van der Waals surface area contributed by atoms with Crippen molar-refractivity contribution >= 4 is 28.4 Å². The minimum absolute atomic E-state index is 0.0421. The highest BCUT2D eigenvalue weighted by atomic mass is 32.2. The molecular weight excluding hydrogens is 279 g/mol. The number of anilines is 1. The Morgan fingerprint density at radius 1 is 1.37 bits per heavy atom. The summed E-state index contributed by atoms with van der Waals surface area (Å²) in [6, 6.07) is 4.58. The van der Waals surface area contributed by atoms with Crippen molar-refractivity contribution < 1.29 is 17.6 Å². The Morgan fingerprint density at radius 2 is 2.11 bits per heavy atom. The van der Waals surface area contributed by atoms with Gasteiger partial charge in [-0.05, 0) is 30.2 Å². The van der Waals surface area contributed by atoms with E-state index in [0.717, 1.165) is 0 Å². The Kier molecular flexibility index (Phi) is 2.57. The fourth-order valence-electron chi connectivity index (χ4n) is 2.14. The molecule has 1 atom stereocenters. The third kappa shape index (κ3) is 1.98. The molecule has 1 aromatic carbocycles. The lowest BCUT2D eigenvalue weighted by molar-refractivity contribution is -0.127. The molecule has 0 amide bonds.